The molecule has 1 aliphatic carbocycles. The Hall–Kier alpha value is -1.36. The molecule has 1 saturated heterocycles. The van der Waals surface area contributed by atoms with Crippen LogP contribution in [-0.4, -0.2) is 23.0 Å². The van der Waals surface area contributed by atoms with Gasteiger partial charge in [0.1, 0.15) is 6.04 Å². The number of carboxylic acid groups (broad SMARTS) is 1. The number of benzene rings is 1. The third kappa shape index (κ3) is 1.43. The highest BCUT2D eigenvalue weighted by atomic mass is 79.9. The van der Waals surface area contributed by atoms with Gasteiger partial charge in [-0.2, -0.15) is 0 Å². The molecule has 2 unspecified atom stereocenters. The number of hydrogen-bond donors (Lipinski definition) is 2. The van der Waals surface area contributed by atoms with Crippen molar-refractivity contribution in [1.82, 2.24) is 5.32 Å². The Bertz CT molecular complexity index is 557. The zero-order chi connectivity index (χ0) is 12.9. The maximum absolute atomic E-state index is 11.6. The van der Waals surface area contributed by atoms with Gasteiger partial charge in [-0.1, -0.05) is 28.1 Å². The molecule has 5 heteroatoms. The molecule has 0 bridgehead atoms. The predicted octanol–water partition coefficient (Wildman–Crippen LogP) is 1.61. The summed E-state index contributed by atoms with van der Waals surface area (Å²) in [5.74, 6) is -1.12. The van der Waals surface area contributed by atoms with Crippen LogP contribution in [0.1, 0.15) is 24.0 Å². The maximum Gasteiger partial charge on any atom is 0.327 e. The predicted molar refractivity (Wildman–Crippen MR) is 68.3 cm³/mol. The number of carboxylic acids is 1. The molecule has 1 aromatic rings. The molecule has 18 heavy (non-hydrogen) atoms. The summed E-state index contributed by atoms with van der Waals surface area (Å²) in [7, 11) is 0. The van der Waals surface area contributed by atoms with Gasteiger partial charge in [-0.15, -0.1) is 0 Å². The molecule has 94 valence electrons. The van der Waals surface area contributed by atoms with E-state index in [1.54, 1.807) is 0 Å². The van der Waals surface area contributed by atoms with Gasteiger partial charge in [0.2, 0.25) is 5.91 Å². The lowest BCUT2D eigenvalue weighted by atomic mass is 9.75. The van der Waals surface area contributed by atoms with Gasteiger partial charge in [0.05, 0.1) is 0 Å². The first-order valence-electron chi connectivity index (χ1n) is 5.85. The SMILES string of the molecule is O=C1CC2(CCc3c(Br)cccc32)C(C(=O)O)N1. The first-order chi connectivity index (χ1) is 8.54. The second kappa shape index (κ2) is 3.82. The van der Waals surface area contributed by atoms with Crippen LogP contribution in [0.25, 0.3) is 0 Å². The molecule has 2 aliphatic rings. The van der Waals surface area contributed by atoms with Crippen LogP contribution in [0.15, 0.2) is 22.7 Å². The minimum absolute atomic E-state index is 0.171. The van der Waals surface area contributed by atoms with Crippen molar-refractivity contribution in [3.8, 4) is 0 Å². The molecule has 4 nitrogen and oxygen atoms in total. The molecule has 0 radical (unpaired) electrons. The number of nitrogens with one attached hydrogen (secondary N) is 1. The summed E-state index contributed by atoms with van der Waals surface area (Å²) in [5.41, 5.74) is 1.57. The van der Waals surface area contributed by atoms with Gasteiger partial charge in [0.15, 0.2) is 0 Å². The fourth-order valence-electron chi connectivity index (χ4n) is 3.28. The van der Waals surface area contributed by atoms with E-state index in [4.69, 9.17) is 0 Å². The topological polar surface area (TPSA) is 66.4 Å². The lowest BCUT2D eigenvalue weighted by molar-refractivity contribution is -0.141. The molecule has 3 rings (SSSR count). The maximum atomic E-state index is 11.6. The summed E-state index contributed by atoms with van der Waals surface area (Å²) in [4.78, 5) is 23.0. The van der Waals surface area contributed by atoms with Crippen LogP contribution in [0, 0.1) is 0 Å². The zero-order valence-corrected chi connectivity index (χ0v) is 11.2. The Morgan fingerprint density at radius 1 is 1.50 bits per heavy atom. The second-order valence-corrected chi connectivity index (χ2v) is 5.79. The van der Waals surface area contributed by atoms with Crippen LogP contribution in [-0.2, 0) is 21.4 Å². The van der Waals surface area contributed by atoms with E-state index >= 15 is 0 Å². The summed E-state index contributed by atoms with van der Waals surface area (Å²) in [6, 6.07) is 5.00. The van der Waals surface area contributed by atoms with E-state index < -0.39 is 17.4 Å². The van der Waals surface area contributed by atoms with Crippen LogP contribution >= 0.6 is 15.9 Å². The molecule has 2 atom stereocenters. The standard InChI is InChI=1S/C13H12BrNO3/c14-9-3-1-2-8-7(9)4-5-13(8)6-10(16)15-11(13)12(17)18/h1-3,11H,4-6H2,(H,15,16)(H,17,18). The lowest BCUT2D eigenvalue weighted by Crippen LogP contribution is -2.45. The molecular weight excluding hydrogens is 298 g/mol. The fraction of sp³-hybridized carbons (Fsp3) is 0.385. The molecule has 2 N–H and O–H groups in total. The number of halogens is 1. The molecule has 1 spiro atoms. The van der Waals surface area contributed by atoms with Crippen molar-refractivity contribution in [2.75, 3.05) is 0 Å². The van der Waals surface area contributed by atoms with Gasteiger partial charge >= 0.3 is 5.97 Å². The van der Waals surface area contributed by atoms with E-state index in [1.807, 2.05) is 18.2 Å². The molecule has 1 heterocycles. The average molecular weight is 310 g/mol. The van der Waals surface area contributed by atoms with Gasteiger partial charge < -0.3 is 10.4 Å². The van der Waals surface area contributed by atoms with Crippen molar-refractivity contribution in [3.05, 3.63) is 33.8 Å². The van der Waals surface area contributed by atoms with Gasteiger partial charge in [0, 0.05) is 16.3 Å². The molecule has 0 aromatic heterocycles. The highest BCUT2D eigenvalue weighted by molar-refractivity contribution is 9.10. The summed E-state index contributed by atoms with van der Waals surface area (Å²) in [6.45, 7) is 0. The molecule has 0 saturated carbocycles. The number of hydrogen-bond acceptors (Lipinski definition) is 2. The van der Waals surface area contributed by atoms with Gasteiger partial charge in [-0.25, -0.2) is 4.79 Å². The van der Waals surface area contributed by atoms with Gasteiger partial charge in [0.25, 0.3) is 0 Å². The monoisotopic (exact) mass is 309 g/mol. The Labute approximate surface area is 113 Å². The van der Waals surface area contributed by atoms with Crippen LogP contribution in [0.4, 0.5) is 0 Å². The van der Waals surface area contributed by atoms with E-state index in [0.29, 0.717) is 6.42 Å². The molecule has 1 aromatic carbocycles. The third-order valence-electron chi connectivity index (χ3n) is 4.06. The highest BCUT2D eigenvalue weighted by Gasteiger charge is 2.54. The second-order valence-electron chi connectivity index (χ2n) is 4.94. The van der Waals surface area contributed by atoms with Crippen LogP contribution < -0.4 is 5.32 Å². The molecule has 1 amide bonds. The van der Waals surface area contributed by atoms with E-state index in [0.717, 1.165) is 22.0 Å². The number of fused-ring (bicyclic) bond motifs is 2. The summed E-state index contributed by atoms with van der Waals surface area (Å²) in [5, 5.41) is 11.9. The summed E-state index contributed by atoms with van der Waals surface area (Å²) < 4.78 is 1.00. The quantitative estimate of drug-likeness (QED) is 0.828. The van der Waals surface area contributed by atoms with Crippen molar-refractivity contribution in [1.29, 1.82) is 0 Å². The minimum Gasteiger partial charge on any atom is -0.480 e. The van der Waals surface area contributed by atoms with E-state index in [-0.39, 0.29) is 12.3 Å². The van der Waals surface area contributed by atoms with Crippen LogP contribution in [0.2, 0.25) is 0 Å². The normalized spacial score (nSPS) is 29.4. The van der Waals surface area contributed by atoms with Gasteiger partial charge in [-0.05, 0) is 30.0 Å². The van der Waals surface area contributed by atoms with E-state index in [9.17, 15) is 14.7 Å². The smallest absolute Gasteiger partial charge is 0.327 e. The number of rotatable bonds is 1. The van der Waals surface area contributed by atoms with Crippen molar-refractivity contribution in [2.45, 2.75) is 30.7 Å². The fourth-order valence-corrected chi connectivity index (χ4v) is 3.85. The molecule has 1 fully saturated rings. The molecule has 1 aliphatic heterocycles. The minimum atomic E-state index is -0.950. The molecular formula is C13H12BrNO3. The van der Waals surface area contributed by atoms with Crippen molar-refractivity contribution < 1.29 is 14.7 Å². The van der Waals surface area contributed by atoms with Gasteiger partial charge in [-0.3, -0.25) is 4.79 Å². The van der Waals surface area contributed by atoms with Crippen LogP contribution in [0.3, 0.4) is 0 Å². The first kappa shape index (κ1) is 11.7. The Morgan fingerprint density at radius 3 is 3.00 bits per heavy atom. The Kier molecular flexibility index (Phi) is 2.48. The van der Waals surface area contributed by atoms with Crippen molar-refractivity contribution in [2.24, 2.45) is 0 Å². The van der Waals surface area contributed by atoms with Crippen molar-refractivity contribution in [3.63, 3.8) is 0 Å². The zero-order valence-electron chi connectivity index (χ0n) is 9.57. The number of aliphatic carboxylic acids is 1. The largest absolute Gasteiger partial charge is 0.480 e. The Morgan fingerprint density at radius 2 is 2.28 bits per heavy atom. The Balaban J connectivity index is 2.16. The third-order valence-corrected chi connectivity index (χ3v) is 4.80. The number of carbonyl (C=O) groups is 2. The van der Waals surface area contributed by atoms with Crippen LogP contribution in [0.5, 0.6) is 0 Å². The van der Waals surface area contributed by atoms with E-state index in [1.165, 1.54) is 0 Å². The number of amides is 1. The number of carbonyl (C=O) groups excluding carboxylic acids is 1. The first-order valence-corrected chi connectivity index (χ1v) is 6.64. The summed E-state index contributed by atoms with van der Waals surface area (Å²) >= 11 is 3.50. The highest BCUT2D eigenvalue weighted by Crippen LogP contribution is 2.48. The van der Waals surface area contributed by atoms with E-state index in [2.05, 4.69) is 21.2 Å². The average Bonchev–Trinajstić information content (AvgIpc) is 2.83. The lowest BCUT2D eigenvalue weighted by Gasteiger charge is -2.28. The summed E-state index contributed by atoms with van der Waals surface area (Å²) in [6.07, 6.45) is 1.80. The van der Waals surface area contributed by atoms with Crippen molar-refractivity contribution >= 4 is 27.8 Å².